The molecule has 23 heavy (non-hydrogen) atoms. The first-order valence-corrected chi connectivity index (χ1v) is 9.27. The molecule has 0 aliphatic heterocycles. The number of hydrogen-bond donors (Lipinski definition) is 2. The van der Waals surface area contributed by atoms with Crippen molar-refractivity contribution in [3.8, 4) is 0 Å². The van der Waals surface area contributed by atoms with Gasteiger partial charge in [-0.3, -0.25) is 4.72 Å². The lowest BCUT2D eigenvalue weighted by Crippen LogP contribution is -2.17. The molecule has 1 heterocycles. The smallest absolute Gasteiger partial charge is 0.233 e. The lowest BCUT2D eigenvalue weighted by molar-refractivity contribution is 0.597. The van der Waals surface area contributed by atoms with Gasteiger partial charge >= 0.3 is 0 Å². The Morgan fingerprint density at radius 3 is 2.48 bits per heavy atom. The summed E-state index contributed by atoms with van der Waals surface area (Å²) in [6, 6.07) is 11.5. The molecule has 0 saturated carbocycles. The molecule has 1 aromatic heterocycles. The van der Waals surface area contributed by atoms with E-state index in [0.717, 1.165) is 12.0 Å². The van der Waals surface area contributed by atoms with Crippen LogP contribution in [0.4, 0.5) is 11.6 Å². The fourth-order valence-electron chi connectivity index (χ4n) is 2.04. The normalized spacial score (nSPS) is 11.2. The average Bonchev–Trinajstić information content (AvgIpc) is 2.52. The van der Waals surface area contributed by atoms with E-state index in [-0.39, 0.29) is 11.6 Å². The van der Waals surface area contributed by atoms with Gasteiger partial charge < -0.3 is 5.32 Å². The Morgan fingerprint density at radius 1 is 1.09 bits per heavy atom. The highest BCUT2D eigenvalue weighted by Crippen LogP contribution is 2.11. The fraction of sp³-hybridized carbons (Fsp3) is 0.375. The molecule has 7 heteroatoms. The van der Waals surface area contributed by atoms with Crippen molar-refractivity contribution < 1.29 is 8.42 Å². The Balaban J connectivity index is 1.92. The number of sulfonamides is 1. The maximum Gasteiger partial charge on any atom is 0.233 e. The highest BCUT2D eigenvalue weighted by molar-refractivity contribution is 7.92. The summed E-state index contributed by atoms with van der Waals surface area (Å²) in [5.74, 6) is 0.934. The summed E-state index contributed by atoms with van der Waals surface area (Å²) in [6.45, 7) is 4.63. The van der Waals surface area contributed by atoms with Crippen LogP contribution in [-0.4, -0.2) is 24.4 Å². The molecular weight excluding hydrogens is 312 g/mol. The van der Waals surface area contributed by atoms with Crippen LogP contribution in [0.5, 0.6) is 0 Å². The van der Waals surface area contributed by atoms with Crippen LogP contribution in [0.3, 0.4) is 0 Å². The quantitative estimate of drug-likeness (QED) is 0.775. The third-order valence-electron chi connectivity index (χ3n) is 3.25. The number of nitrogens with zero attached hydrogens (tertiary/aromatic N) is 2. The van der Waals surface area contributed by atoms with E-state index in [4.69, 9.17) is 0 Å². The van der Waals surface area contributed by atoms with E-state index < -0.39 is 10.0 Å². The van der Waals surface area contributed by atoms with Crippen LogP contribution in [0.25, 0.3) is 0 Å². The molecule has 1 aromatic carbocycles. The molecule has 124 valence electrons. The highest BCUT2D eigenvalue weighted by Gasteiger charge is 2.10. The molecule has 2 N–H and O–H groups in total. The van der Waals surface area contributed by atoms with E-state index in [1.165, 1.54) is 5.56 Å². The Bertz CT molecular complexity index is 730. The van der Waals surface area contributed by atoms with Gasteiger partial charge in [0.1, 0.15) is 5.82 Å². The first kappa shape index (κ1) is 17.2. The van der Waals surface area contributed by atoms with Gasteiger partial charge in [-0.25, -0.2) is 8.42 Å². The topological polar surface area (TPSA) is 84.0 Å². The van der Waals surface area contributed by atoms with Gasteiger partial charge in [0, 0.05) is 6.54 Å². The third-order valence-corrected chi connectivity index (χ3v) is 4.59. The van der Waals surface area contributed by atoms with E-state index in [1.807, 2.05) is 32.0 Å². The van der Waals surface area contributed by atoms with Gasteiger partial charge in [-0.15, -0.1) is 10.2 Å². The number of anilines is 2. The van der Waals surface area contributed by atoms with Gasteiger partial charge in [0.25, 0.3) is 0 Å². The first-order chi connectivity index (χ1) is 11.0. The molecule has 0 aliphatic carbocycles. The monoisotopic (exact) mass is 334 g/mol. The molecule has 0 amide bonds. The van der Waals surface area contributed by atoms with Crippen LogP contribution in [-0.2, 0) is 16.6 Å². The number of aryl methyl sites for hydroxylation is 1. The maximum atomic E-state index is 11.8. The number of benzene rings is 1. The molecule has 0 spiro atoms. The SMILES string of the molecule is CCCCS(=O)(=O)Nc1ccc(NCc2cccc(C)c2)nn1. The van der Waals surface area contributed by atoms with Crippen molar-refractivity contribution in [3.63, 3.8) is 0 Å². The predicted octanol–water partition coefficient (Wildman–Crippen LogP) is 2.94. The summed E-state index contributed by atoms with van der Waals surface area (Å²) in [4.78, 5) is 0. The molecule has 2 rings (SSSR count). The largest absolute Gasteiger partial charge is 0.365 e. The van der Waals surface area contributed by atoms with E-state index in [2.05, 4.69) is 26.3 Å². The van der Waals surface area contributed by atoms with E-state index in [9.17, 15) is 8.42 Å². The van der Waals surface area contributed by atoms with Crippen LogP contribution >= 0.6 is 0 Å². The van der Waals surface area contributed by atoms with Gasteiger partial charge in [0.15, 0.2) is 5.82 Å². The number of aromatic nitrogens is 2. The highest BCUT2D eigenvalue weighted by atomic mass is 32.2. The van der Waals surface area contributed by atoms with Crippen LogP contribution in [0, 0.1) is 6.92 Å². The molecule has 0 fully saturated rings. The van der Waals surface area contributed by atoms with Crippen molar-refractivity contribution in [1.82, 2.24) is 10.2 Å². The van der Waals surface area contributed by atoms with Gasteiger partial charge in [-0.1, -0.05) is 43.2 Å². The fourth-order valence-corrected chi connectivity index (χ4v) is 3.24. The second kappa shape index (κ2) is 7.92. The van der Waals surface area contributed by atoms with Crippen molar-refractivity contribution in [2.24, 2.45) is 0 Å². The number of hydrogen-bond acceptors (Lipinski definition) is 5. The first-order valence-electron chi connectivity index (χ1n) is 7.62. The molecule has 6 nitrogen and oxygen atoms in total. The van der Waals surface area contributed by atoms with Gasteiger partial charge in [0.05, 0.1) is 5.75 Å². The van der Waals surface area contributed by atoms with Crippen LogP contribution in [0.2, 0.25) is 0 Å². The Kier molecular flexibility index (Phi) is 5.92. The molecule has 2 aromatic rings. The molecule has 0 aliphatic rings. The Hall–Kier alpha value is -2.15. The van der Waals surface area contributed by atoms with Crippen LogP contribution in [0.15, 0.2) is 36.4 Å². The van der Waals surface area contributed by atoms with Gasteiger partial charge in [-0.05, 0) is 31.0 Å². The van der Waals surface area contributed by atoms with Crippen molar-refractivity contribution >= 4 is 21.7 Å². The summed E-state index contributed by atoms with van der Waals surface area (Å²) >= 11 is 0. The zero-order chi connectivity index (χ0) is 16.7. The van der Waals surface area contributed by atoms with E-state index in [1.54, 1.807) is 12.1 Å². The predicted molar refractivity (Wildman–Crippen MR) is 92.9 cm³/mol. The van der Waals surface area contributed by atoms with Gasteiger partial charge in [0.2, 0.25) is 10.0 Å². The minimum absolute atomic E-state index is 0.0958. The Morgan fingerprint density at radius 2 is 1.83 bits per heavy atom. The van der Waals surface area contributed by atoms with E-state index in [0.29, 0.717) is 18.8 Å². The summed E-state index contributed by atoms with van der Waals surface area (Å²) in [5.41, 5.74) is 2.35. The summed E-state index contributed by atoms with van der Waals surface area (Å²) in [5, 5.41) is 11.1. The van der Waals surface area contributed by atoms with Crippen LogP contribution < -0.4 is 10.0 Å². The van der Waals surface area contributed by atoms with Crippen molar-refractivity contribution in [1.29, 1.82) is 0 Å². The lowest BCUT2D eigenvalue weighted by Gasteiger charge is -2.08. The molecule has 0 atom stereocenters. The summed E-state index contributed by atoms with van der Waals surface area (Å²) in [6.07, 6.45) is 1.45. The standard InChI is InChI=1S/C16H22N4O2S/c1-3-4-10-23(21,22)20-16-9-8-15(18-19-16)17-12-14-7-5-6-13(2)11-14/h5-9,11H,3-4,10,12H2,1-2H3,(H,17,18)(H,19,20). The molecule has 0 saturated heterocycles. The summed E-state index contributed by atoms with van der Waals surface area (Å²) in [7, 11) is -3.34. The number of rotatable bonds is 8. The number of unbranched alkanes of at least 4 members (excludes halogenated alkanes) is 1. The van der Waals surface area contributed by atoms with Gasteiger partial charge in [-0.2, -0.15) is 0 Å². The minimum atomic E-state index is -3.34. The van der Waals surface area contributed by atoms with E-state index >= 15 is 0 Å². The van der Waals surface area contributed by atoms with Crippen LogP contribution in [0.1, 0.15) is 30.9 Å². The second-order valence-corrected chi connectivity index (χ2v) is 7.26. The zero-order valence-electron chi connectivity index (χ0n) is 13.4. The third kappa shape index (κ3) is 5.86. The van der Waals surface area contributed by atoms with Crippen molar-refractivity contribution in [2.45, 2.75) is 33.2 Å². The van der Waals surface area contributed by atoms with Crippen molar-refractivity contribution in [2.75, 3.05) is 15.8 Å². The average molecular weight is 334 g/mol. The molecule has 0 radical (unpaired) electrons. The number of nitrogens with one attached hydrogen (secondary N) is 2. The molecule has 0 unspecified atom stereocenters. The molecular formula is C16H22N4O2S. The maximum absolute atomic E-state index is 11.8. The Labute approximate surface area is 137 Å². The van der Waals surface area contributed by atoms with Crippen molar-refractivity contribution in [3.05, 3.63) is 47.5 Å². The zero-order valence-corrected chi connectivity index (χ0v) is 14.2. The second-order valence-electron chi connectivity index (χ2n) is 5.42. The molecule has 0 bridgehead atoms. The minimum Gasteiger partial charge on any atom is -0.365 e. The lowest BCUT2D eigenvalue weighted by atomic mass is 10.1. The summed E-state index contributed by atoms with van der Waals surface area (Å²) < 4.78 is 26.0.